The van der Waals surface area contributed by atoms with E-state index in [9.17, 15) is 0 Å². The van der Waals surface area contributed by atoms with Gasteiger partial charge >= 0.3 is 0 Å². The van der Waals surface area contributed by atoms with Crippen molar-refractivity contribution in [2.24, 2.45) is 0 Å². The van der Waals surface area contributed by atoms with Crippen molar-refractivity contribution in [2.75, 3.05) is 5.32 Å². The van der Waals surface area contributed by atoms with E-state index in [1.54, 1.807) is 0 Å². The Morgan fingerprint density at radius 1 is 0.731 bits per heavy atom. The zero-order valence-corrected chi connectivity index (χ0v) is 15.9. The second kappa shape index (κ2) is 8.53. The quantitative estimate of drug-likeness (QED) is 0.474. The molecule has 0 unspecified atom stereocenters. The number of hydrogen-bond acceptors (Lipinski definition) is 1. The number of aryl methyl sites for hydroxylation is 2. The summed E-state index contributed by atoms with van der Waals surface area (Å²) in [5, 5.41) is 3.44. The van der Waals surface area contributed by atoms with Crippen LogP contribution in [-0.4, -0.2) is 0 Å². The van der Waals surface area contributed by atoms with Crippen LogP contribution in [0.25, 0.3) is 12.2 Å². The second-order valence-corrected chi connectivity index (χ2v) is 6.64. The van der Waals surface area contributed by atoms with Gasteiger partial charge in [-0.2, -0.15) is 0 Å². The fraction of sp³-hybridized carbons (Fsp3) is 0.200. The maximum atomic E-state index is 3.44. The number of rotatable bonds is 6. The molecule has 0 amide bonds. The van der Waals surface area contributed by atoms with Crippen LogP contribution in [-0.2, 0) is 12.8 Å². The molecular formula is C25H27N. The summed E-state index contributed by atoms with van der Waals surface area (Å²) < 4.78 is 0. The van der Waals surface area contributed by atoms with E-state index >= 15 is 0 Å². The van der Waals surface area contributed by atoms with Crippen molar-refractivity contribution in [3.05, 3.63) is 94.5 Å². The van der Waals surface area contributed by atoms with E-state index in [0.717, 1.165) is 24.2 Å². The molecule has 3 aromatic rings. The molecule has 1 heteroatoms. The van der Waals surface area contributed by atoms with Gasteiger partial charge in [0.05, 0.1) is 0 Å². The van der Waals surface area contributed by atoms with E-state index in [0.29, 0.717) is 0 Å². The minimum absolute atomic E-state index is 1.07. The summed E-state index contributed by atoms with van der Waals surface area (Å²) in [6.07, 6.45) is 6.59. The lowest BCUT2D eigenvalue weighted by molar-refractivity contribution is 1.03. The minimum Gasteiger partial charge on any atom is -0.356 e. The first kappa shape index (κ1) is 18.0. The summed E-state index contributed by atoms with van der Waals surface area (Å²) in [5.74, 6) is 0. The van der Waals surface area contributed by atoms with Gasteiger partial charge in [0.15, 0.2) is 0 Å². The van der Waals surface area contributed by atoms with Crippen LogP contribution >= 0.6 is 0 Å². The van der Waals surface area contributed by atoms with Crippen LogP contribution < -0.4 is 5.32 Å². The SMILES string of the molecule is CCc1cccc(/C=C/c2ccc(Nc3ccc(C)cc3)cc2)c1CC. The van der Waals surface area contributed by atoms with Gasteiger partial charge in [-0.3, -0.25) is 0 Å². The highest BCUT2D eigenvalue weighted by Crippen LogP contribution is 2.21. The van der Waals surface area contributed by atoms with Crippen molar-refractivity contribution in [3.8, 4) is 0 Å². The van der Waals surface area contributed by atoms with Gasteiger partial charge in [0, 0.05) is 11.4 Å². The lowest BCUT2D eigenvalue weighted by Gasteiger charge is -2.09. The minimum atomic E-state index is 1.07. The van der Waals surface area contributed by atoms with Crippen molar-refractivity contribution in [1.29, 1.82) is 0 Å². The molecule has 0 bridgehead atoms. The van der Waals surface area contributed by atoms with Crippen molar-refractivity contribution >= 4 is 23.5 Å². The monoisotopic (exact) mass is 341 g/mol. The molecule has 0 radical (unpaired) electrons. The Morgan fingerprint density at radius 2 is 1.38 bits per heavy atom. The van der Waals surface area contributed by atoms with E-state index in [2.05, 4.69) is 105 Å². The zero-order valence-electron chi connectivity index (χ0n) is 15.9. The van der Waals surface area contributed by atoms with Crippen LogP contribution in [0.3, 0.4) is 0 Å². The molecule has 0 saturated carbocycles. The number of anilines is 2. The van der Waals surface area contributed by atoms with Crippen molar-refractivity contribution in [2.45, 2.75) is 33.6 Å². The molecule has 0 aliphatic heterocycles. The maximum absolute atomic E-state index is 3.44. The Kier molecular flexibility index (Phi) is 5.91. The Morgan fingerprint density at radius 3 is 2.00 bits per heavy atom. The topological polar surface area (TPSA) is 12.0 Å². The Labute approximate surface area is 157 Å². The van der Waals surface area contributed by atoms with Gasteiger partial charge in [-0.1, -0.05) is 74.0 Å². The third kappa shape index (κ3) is 4.43. The first-order valence-electron chi connectivity index (χ1n) is 9.42. The summed E-state index contributed by atoms with van der Waals surface area (Å²) in [4.78, 5) is 0. The van der Waals surface area contributed by atoms with Crippen LogP contribution in [0.4, 0.5) is 11.4 Å². The highest BCUT2D eigenvalue weighted by atomic mass is 14.9. The first-order valence-corrected chi connectivity index (χ1v) is 9.42. The summed E-state index contributed by atoms with van der Waals surface area (Å²) in [6, 6.07) is 23.6. The van der Waals surface area contributed by atoms with Gasteiger partial charge in [0.1, 0.15) is 0 Å². The average molecular weight is 341 g/mol. The molecule has 3 aromatic carbocycles. The fourth-order valence-electron chi connectivity index (χ4n) is 3.24. The predicted molar refractivity (Wildman–Crippen MR) is 115 cm³/mol. The number of nitrogens with one attached hydrogen (secondary N) is 1. The van der Waals surface area contributed by atoms with E-state index in [1.165, 1.54) is 27.8 Å². The Hall–Kier alpha value is -2.80. The predicted octanol–water partition coefficient (Wildman–Crippen LogP) is 7.03. The molecule has 3 rings (SSSR count). The molecular weight excluding hydrogens is 314 g/mol. The molecule has 1 N–H and O–H groups in total. The Balaban J connectivity index is 1.73. The van der Waals surface area contributed by atoms with Crippen LogP contribution in [0, 0.1) is 6.92 Å². The molecule has 26 heavy (non-hydrogen) atoms. The maximum Gasteiger partial charge on any atom is 0.0384 e. The summed E-state index contributed by atoms with van der Waals surface area (Å²) >= 11 is 0. The van der Waals surface area contributed by atoms with Gasteiger partial charge in [-0.05, 0) is 66.3 Å². The van der Waals surface area contributed by atoms with Crippen LogP contribution in [0.2, 0.25) is 0 Å². The number of hydrogen-bond donors (Lipinski definition) is 1. The summed E-state index contributed by atoms with van der Waals surface area (Å²) in [6.45, 7) is 6.56. The lowest BCUT2D eigenvalue weighted by atomic mass is 9.96. The van der Waals surface area contributed by atoms with Crippen molar-refractivity contribution in [1.82, 2.24) is 0 Å². The van der Waals surface area contributed by atoms with Crippen molar-refractivity contribution in [3.63, 3.8) is 0 Å². The molecule has 132 valence electrons. The smallest absolute Gasteiger partial charge is 0.0384 e. The molecule has 0 atom stereocenters. The normalized spacial score (nSPS) is 11.0. The molecule has 0 aliphatic carbocycles. The third-order valence-corrected chi connectivity index (χ3v) is 4.75. The van der Waals surface area contributed by atoms with Crippen molar-refractivity contribution < 1.29 is 0 Å². The average Bonchev–Trinajstić information content (AvgIpc) is 2.68. The molecule has 1 nitrogen and oxygen atoms in total. The molecule has 0 heterocycles. The molecule has 0 aliphatic rings. The largest absolute Gasteiger partial charge is 0.356 e. The van der Waals surface area contributed by atoms with Gasteiger partial charge in [0.2, 0.25) is 0 Å². The molecule has 0 spiro atoms. The highest BCUT2D eigenvalue weighted by Gasteiger charge is 2.02. The third-order valence-electron chi connectivity index (χ3n) is 4.75. The van der Waals surface area contributed by atoms with E-state index in [4.69, 9.17) is 0 Å². The number of benzene rings is 3. The van der Waals surface area contributed by atoms with Gasteiger partial charge in [-0.15, -0.1) is 0 Å². The summed E-state index contributed by atoms with van der Waals surface area (Å²) in [7, 11) is 0. The fourth-order valence-corrected chi connectivity index (χ4v) is 3.24. The molecule has 0 saturated heterocycles. The van der Waals surface area contributed by atoms with Crippen LogP contribution in [0.15, 0.2) is 66.7 Å². The summed E-state index contributed by atoms with van der Waals surface area (Å²) in [5.41, 5.74) is 8.94. The lowest BCUT2D eigenvalue weighted by Crippen LogP contribution is -1.94. The van der Waals surface area contributed by atoms with Crippen LogP contribution in [0.5, 0.6) is 0 Å². The van der Waals surface area contributed by atoms with E-state index < -0.39 is 0 Å². The second-order valence-electron chi connectivity index (χ2n) is 6.64. The zero-order chi connectivity index (χ0) is 18.4. The molecule has 0 aromatic heterocycles. The standard InChI is InChI=1S/C25H27N/c1-4-21-7-6-8-22(25(21)5-2)14-11-20-12-17-24(18-13-20)26-23-15-9-19(3)10-16-23/h6-18,26H,4-5H2,1-3H3/b14-11+. The van der Waals surface area contributed by atoms with Gasteiger partial charge in [0.25, 0.3) is 0 Å². The van der Waals surface area contributed by atoms with Crippen LogP contribution in [0.1, 0.15) is 41.7 Å². The van der Waals surface area contributed by atoms with E-state index in [1.807, 2.05) is 0 Å². The highest BCUT2D eigenvalue weighted by molar-refractivity contribution is 5.73. The Bertz CT molecular complexity index is 871. The first-order chi connectivity index (χ1) is 12.7. The molecule has 0 fully saturated rings. The van der Waals surface area contributed by atoms with Gasteiger partial charge < -0.3 is 5.32 Å². The van der Waals surface area contributed by atoms with Gasteiger partial charge in [-0.25, -0.2) is 0 Å². The van der Waals surface area contributed by atoms with E-state index in [-0.39, 0.29) is 0 Å².